The predicted molar refractivity (Wildman–Crippen MR) is 120 cm³/mol. The number of thiazole rings is 1. The molecule has 0 fully saturated rings. The van der Waals surface area contributed by atoms with Crippen molar-refractivity contribution >= 4 is 33.1 Å². The van der Waals surface area contributed by atoms with Gasteiger partial charge < -0.3 is 14.0 Å². The minimum Gasteiger partial charge on any atom is -0.494 e. The Kier molecular flexibility index (Phi) is 7.91. The number of amides is 1. The third-order valence-corrected chi connectivity index (χ3v) is 5.77. The normalized spacial score (nSPS) is 11.7. The van der Waals surface area contributed by atoms with Crippen molar-refractivity contribution in [1.82, 2.24) is 4.57 Å². The first-order valence-electron chi connectivity index (χ1n) is 10.1. The molecule has 9 heteroatoms. The molecule has 0 spiro atoms. The Morgan fingerprint density at radius 1 is 1.16 bits per heavy atom. The first-order chi connectivity index (χ1) is 15.0. The molecular weight excluding hydrogens is 418 g/mol. The molecule has 3 aromatic rings. The zero-order valence-corrected chi connectivity index (χ0v) is 18.4. The fraction of sp³-hybridized carbons (Fsp3) is 0.364. The first kappa shape index (κ1) is 22.6. The summed E-state index contributed by atoms with van der Waals surface area (Å²) in [6.45, 7) is 3.61. The molecule has 0 aliphatic heterocycles. The van der Waals surface area contributed by atoms with E-state index in [2.05, 4.69) is 11.9 Å². The van der Waals surface area contributed by atoms with E-state index in [4.69, 9.17) is 9.47 Å². The molecule has 0 bridgehead atoms. The molecule has 0 saturated carbocycles. The maximum absolute atomic E-state index is 12.7. The van der Waals surface area contributed by atoms with Crippen molar-refractivity contribution in [2.24, 2.45) is 4.99 Å². The van der Waals surface area contributed by atoms with Crippen LogP contribution in [0.5, 0.6) is 5.75 Å². The van der Waals surface area contributed by atoms with Crippen molar-refractivity contribution in [3.8, 4) is 5.75 Å². The molecule has 0 N–H and O–H groups in total. The minimum absolute atomic E-state index is 0.0103. The van der Waals surface area contributed by atoms with Crippen LogP contribution in [0.1, 0.15) is 36.5 Å². The highest BCUT2D eigenvalue weighted by Gasteiger charge is 2.13. The summed E-state index contributed by atoms with van der Waals surface area (Å²) in [5.74, 6) is 0.335. The zero-order chi connectivity index (χ0) is 22.2. The molecule has 0 radical (unpaired) electrons. The molecule has 0 aliphatic rings. The Bertz CT molecular complexity index is 1120. The number of aromatic nitrogens is 1. The van der Waals surface area contributed by atoms with Gasteiger partial charge in [-0.15, -0.1) is 0 Å². The molecule has 0 atom stereocenters. The lowest BCUT2D eigenvalue weighted by molar-refractivity contribution is -0.384. The Hall–Kier alpha value is -3.04. The molecule has 31 heavy (non-hydrogen) atoms. The number of hydrogen-bond donors (Lipinski definition) is 0. The Balaban J connectivity index is 1.88. The number of carbonyl (C=O) groups is 1. The van der Waals surface area contributed by atoms with Crippen LogP contribution in [0.4, 0.5) is 5.69 Å². The smallest absolute Gasteiger partial charge is 0.279 e. The van der Waals surface area contributed by atoms with Gasteiger partial charge in [-0.1, -0.05) is 31.1 Å². The molecule has 0 aliphatic carbocycles. The monoisotopic (exact) mass is 443 g/mol. The molecule has 0 saturated heterocycles. The highest BCUT2D eigenvalue weighted by molar-refractivity contribution is 7.16. The van der Waals surface area contributed by atoms with Crippen LogP contribution < -0.4 is 9.54 Å². The van der Waals surface area contributed by atoms with Crippen molar-refractivity contribution in [2.75, 3.05) is 20.3 Å². The third kappa shape index (κ3) is 5.77. The summed E-state index contributed by atoms with van der Waals surface area (Å²) in [5.41, 5.74) is 1.09. The number of methoxy groups -OCH3 is 1. The Morgan fingerprint density at radius 3 is 2.61 bits per heavy atom. The number of nitrogens with zero attached hydrogens (tertiary/aromatic N) is 3. The van der Waals surface area contributed by atoms with Crippen molar-refractivity contribution in [3.05, 3.63) is 62.9 Å². The maximum Gasteiger partial charge on any atom is 0.279 e. The molecule has 1 aromatic heterocycles. The van der Waals surface area contributed by atoms with Crippen LogP contribution in [0.25, 0.3) is 10.2 Å². The van der Waals surface area contributed by atoms with Gasteiger partial charge in [-0.2, -0.15) is 4.99 Å². The van der Waals surface area contributed by atoms with E-state index in [1.165, 1.54) is 23.5 Å². The number of hydrogen-bond acceptors (Lipinski definition) is 6. The van der Waals surface area contributed by atoms with Crippen LogP contribution in [0.3, 0.4) is 0 Å². The second kappa shape index (κ2) is 10.8. The second-order valence-corrected chi connectivity index (χ2v) is 7.94. The van der Waals surface area contributed by atoms with Crippen molar-refractivity contribution < 1.29 is 19.2 Å². The lowest BCUT2D eigenvalue weighted by Crippen LogP contribution is -2.19. The standard InChI is InChI=1S/C22H25N3O5S/c1-3-4-5-13-30-18-9-6-16(7-10-18)21(26)23-22-24(12-14-29-2)19-15-17(25(27)28)8-11-20(19)31-22/h6-11,15H,3-5,12-14H2,1-2H3. The van der Waals surface area contributed by atoms with Crippen LogP contribution in [-0.2, 0) is 11.3 Å². The lowest BCUT2D eigenvalue weighted by atomic mass is 10.2. The minimum atomic E-state index is -0.439. The number of non-ortho nitro benzene ring substituents is 1. The number of unbranched alkanes of at least 4 members (excludes halogenated alkanes) is 2. The highest BCUT2D eigenvalue weighted by atomic mass is 32.1. The number of nitro benzene ring substituents is 1. The summed E-state index contributed by atoms with van der Waals surface area (Å²) in [7, 11) is 1.57. The summed E-state index contributed by atoms with van der Waals surface area (Å²) >= 11 is 1.31. The fourth-order valence-corrected chi connectivity index (χ4v) is 4.08. The van der Waals surface area contributed by atoms with Gasteiger partial charge >= 0.3 is 0 Å². The van der Waals surface area contributed by atoms with E-state index in [-0.39, 0.29) is 11.6 Å². The van der Waals surface area contributed by atoms with Crippen LogP contribution in [0, 0.1) is 10.1 Å². The van der Waals surface area contributed by atoms with Gasteiger partial charge in [0.1, 0.15) is 5.75 Å². The lowest BCUT2D eigenvalue weighted by Gasteiger charge is -2.06. The van der Waals surface area contributed by atoms with Crippen LogP contribution >= 0.6 is 11.3 Å². The number of fused-ring (bicyclic) bond motifs is 1. The van der Waals surface area contributed by atoms with E-state index < -0.39 is 4.92 Å². The molecule has 2 aromatic carbocycles. The SMILES string of the molecule is CCCCCOc1ccc(C(=O)N=c2sc3ccc([N+](=O)[O-])cc3n2CCOC)cc1. The van der Waals surface area contributed by atoms with E-state index in [0.29, 0.717) is 35.6 Å². The van der Waals surface area contributed by atoms with Crippen LogP contribution in [0.2, 0.25) is 0 Å². The summed E-state index contributed by atoms with van der Waals surface area (Å²) in [6.07, 6.45) is 3.25. The number of ether oxygens (including phenoxy) is 2. The molecule has 164 valence electrons. The van der Waals surface area contributed by atoms with Crippen molar-refractivity contribution in [2.45, 2.75) is 32.7 Å². The van der Waals surface area contributed by atoms with Crippen LogP contribution in [0.15, 0.2) is 47.5 Å². The zero-order valence-electron chi connectivity index (χ0n) is 17.6. The second-order valence-electron chi connectivity index (χ2n) is 6.94. The fourth-order valence-electron chi connectivity index (χ4n) is 3.04. The largest absolute Gasteiger partial charge is 0.494 e. The maximum atomic E-state index is 12.7. The Labute approximate surface area is 183 Å². The molecular formula is C22H25N3O5S. The first-order valence-corrected chi connectivity index (χ1v) is 10.9. The van der Waals surface area contributed by atoms with Crippen molar-refractivity contribution in [3.63, 3.8) is 0 Å². The summed E-state index contributed by atoms with van der Waals surface area (Å²) in [4.78, 5) is 28.2. The van der Waals surface area contributed by atoms with E-state index in [1.54, 1.807) is 42.0 Å². The molecule has 3 rings (SSSR count). The van der Waals surface area contributed by atoms with Gasteiger partial charge in [0.05, 0.1) is 28.4 Å². The number of benzene rings is 2. The van der Waals surface area contributed by atoms with Gasteiger partial charge in [-0.05, 0) is 36.8 Å². The molecule has 8 nitrogen and oxygen atoms in total. The van der Waals surface area contributed by atoms with Gasteiger partial charge in [0.2, 0.25) is 0 Å². The van der Waals surface area contributed by atoms with Gasteiger partial charge in [-0.25, -0.2) is 0 Å². The van der Waals surface area contributed by atoms with Gasteiger partial charge in [0, 0.05) is 31.4 Å². The number of rotatable bonds is 10. The summed E-state index contributed by atoms with van der Waals surface area (Å²) < 4.78 is 13.4. The topological polar surface area (TPSA) is 96.0 Å². The Morgan fingerprint density at radius 2 is 1.94 bits per heavy atom. The van der Waals surface area contributed by atoms with Crippen molar-refractivity contribution in [1.29, 1.82) is 0 Å². The van der Waals surface area contributed by atoms with E-state index in [1.807, 2.05) is 0 Å². The number of nitro groups is 1. The average molecular weight is 444 g/mol. The van der Waals surface area contributed by atoms with Gasteiger partial charge in [-0.3, -0.25) is 14.9 Å². The highest BCUT2D eigenvalue weighted by Crippen LogP contribution is 2.23. The third-order valence-electron chi connectivity index (χ3n) is 4.71. The van der Waals surface area contributed by atoms with E-state index in [9.17, 15) is 14.9 Å². The molecule has 1 amide bonds. The molecule has 0 unspecified atom stereocenters. The summed E-state index contributed by atoms with van der Waals surface area (Å²) in [6, 6.07) is 11.5. The summed E-state index contributed by atoms with van der Waals surface area (Å²) in [5, 5.41) is 11.2. The van der Waals surface area contributed by atoms with E-state index >= 15 is 0 Å². The predicted octanol–water partition coefficient (Wildman–Crippen LogP) is 4.57. The van der Waals surface area contributed by atoms with E-state index in [0.717, 1.165) is 29.7 Å². The molecule has 1 heterocycles. The van der Waals surface area contributed by atoms with Gasteiger partial charge in [0.15, 0.2) is 4.80 Å². The average Bonchev–Trinajstić information content (AvgIpc) is 3.11. The number of carbonyl (C=O) groups excluding carboxylic acids is 1. The quantitative estimate of drug-likeness (QED) is 0.260. The van der Waals surface area contributed by atoms with Gasteiger partial charge in [0.25, 0.3) is 11.6 Å². The van der Waals surface area contributed by atoms with Crippen LogP contribution in [-0.4, -0.2) is 35.7 Å².